The first-order valence-electron chi connectivity index (χ1n) is 3.17. The molecule has 2 nitrogen and oxygen atoms in total. The smallest absolute Gasteiger partial charge is 0.338 e. The van der Waals surface area contributed by atoms with E-state index in [4.69, 9.17) is 0 Å². The molecule has 0 rings (SSSR count). The minimum absolute atomic E-state index is 0.291. The summed E-state index contributed by atoms with van der Waals surface area (Å²) in [5.74, 6) is -0.291. The summed E-state index contributed by atoms with van der Waals surface area (Å²) >= 11 is 0. The number of allylic oxidation sites excluding steroid dienone is 2. The number of hydrogen-bond donors (Lipinski definition) is 0. The van der Waals surface area contributed by atoms with Gasteiger partial charge in [0.25, 0.3) is 0 Å². The number of carbonyl (C=O) groups is 1. The molecule has 0 heterocycles. The van der Waals surface area contributed by atoms with Gasteiger partial charge < -0.3 is 4.74 Å². The van der Waals surface area contributed by atoms with Crippen molar-refractivity contribution < 1.29 is 9.53 Å². The zero-order valence-corrected chi connectivity index (χ0v) is 6.55. The second-order valence-electron chi connectivity index (χ2n) is 1.85. The molecule has 0 aliphatic heterocycles. The van der Waals surface area contributed by atoms with E-state index in [1.165, 1.54) is 6.26 Å². The van der Waals surface area contributed by atoms with Crippen LogP contribution in [-0.4, -0.2) is 5.97 Å². The van der Waals surface area contributed by atoms with Gasteiger partial charge >= 0.3 is 5.97 Å². The van der Waals surface area contributed by atoms with Crippen molar-refractivity contribution in [3.8, 4) is 0 Å². The van der Waals surface area contributed by atoms with Crippen LogP contribution >= 0.6 is 0 Å². The minimum atomic E-state index is -0.291. The van der Waals surface area contributed by atoms with Gasteiger partial charge in [-0.15, -0.1) is 0 Å². The molecule has 2 heteroatoms. The summed E-state index contributed by atoms with van der Waals surface area (Å²) in [4.78, 5) is 10.8. The molecule has 56 valence electrons. The van der Waals surface area contributed by atoms with E-state index in [1.807, 2.05) is 0 Å². The highest BCUT2D eigenvalue weighted by atomic mass is 16.5. The lowest BCUT2D eigenvalue weighted by Crippen LogP contribution is -1.99. The molecular formula is C8H12O2. The van der Waals surface area contributed by atoms with Gasteiger partial charge in [-0.25, -0.2) is 4.79 Å². The summed E-state index contributed by atoms with van der Waals surface area (Å²) < 4.78 is 4.66. The number of esters is 1. The maximum Gasteiger partial charge on any atom is 0.338 e. The van der Waals surface area contributed by atoms with Crippen molar-refractivity contribution in [1.82, 2.24) is 0 Å². The molecule has 0 aliphatic rings. The summed E-state index contributed by atoms with van der Waals surface area (Å²) in [5, 5.41) is 0. The lowest BCUT2D eigenvalue weighted by Gasteiger charge is -1.95. The van der Waals surface area contributed by atoms with Gasteiger partial charge in [0.1, 0.15) is 0 Å². The molecule has 0 spiro atoms. The van der Waals surface area contributed by atoms with Crippen LogP contribution < -0.4 is 0 Å². The van der Waals surface area contributed by atoms with Crippen LogP contribution in [-0.2, 0) is 9.53 Å². The van der Waals surface area contributed by atoms with E-state index >= 15 is 0 Å². The highest BCUT2D eigenvalue weighted by Crippen LogP contribution is 1.95. The van der Waals surface area contributed by atoms with Crippen molar-refractivity contribution in [2.24, 2.45) is 0 Å². The Morgan fingerprint density at radius 2 is 2.00 bits per heavy atom. The van der Waals surface area contributed by atoms with Gasteiger partial charge in [-0.05, 0) is 20.8 Å². The Kier molecular flexibility index (Phi) is 4.29. The van der Waals surface area contributed by atoms with Gasteiger partial charge in [0, 0.05) is 5.57 Å². The van der Waals surface area contributed by atoms with E-state index in [2.05, 4.69) is 4.74 Å². The maximum atomic E-state index is 10.8. The summed E-state index contributed by atoms with van der Waals surface area (Å²) in [6.45, 7) is 5.30. The van der Waals surface area contributed by atoms with Gasteiger partial charge in [-0.1, -0.05) is 12.2 Å². The Labute approximate surface area is 61.2 Å². The average Bonchev–Trinajstić information content (AvgIpc) is 1.98. The fourth-order valence-corrected chi connectivity index (χ4v) is 0.341. The molecule has 0 N–H and O–H groups in total. The zero-order chi connectivity index (χ0) is 7.98. The Balaban J connectivity index is 3.86. The molecule has 0 fully saturated rings. The Morgan fingerprint density at radius 3 is 2.40 bits per heavy atom. The molecule has 10 heavy (non-hydrogen) atoms. The normalized spacial score (nSPS) is 12.1. The minimum Gasteiger partial charge on any atom is -0.432 e. The predicted octanol–water partition coefficient (Wildman–Crippen LogP) is 2.03. The monoisotopic (exact) mass is 140 g/mol. The second kappa shape index (κ2) is 4.79. The third kappa shape index (κ3) is 3.07. The Bertz CT molecular complexity index is 166. The van der Waals surface area contributed by atoms with Crippen molar-refractivity contribution in [3.05, 3.63) is 24.0 Å². The van der Waals surface area contributed by atoms with E-state index < -0.39 is 0 Å². The van der Waals surface area contributed by atoms with Crippen LogP contribution in [0.15, 0.2) is 24.0 Å². The quantitative estimate of drug-likeness (QED) is 0.333. The van der Waals surface area contributed by atoms with Crippen molar-refractivity contribution in [1.29, 1.82) is 0 Å². The summed E-state index contributed by atoms with van der Waals surface area (Å²) in [6.07, 6.45) is 4.75. The molecule has 0 aromatic rings. The molecule has 0 aromatic carbocycles. The van der Waals surface area contributed by atoms with Gasteiger partial charge in [0.15, 0.2) is 0 Å². The largest absolute Gasteiger partial charge is 0.432 e. The molecule has 0 aromatic heterocycles. The molecule has 0 saturated heterocycles. The lowest BCUT2D eigenvalue weighted by atomic mass is 10.3. The highest BCUT2D eigenvalue weighted by molar-refractivity contribution is 5.87. The van der Waals surface area contributed by atoms with Crippen LogP contribution in [0.5, 0.6) is 0 Å². The van der Waals surface area contributed by atoms with Crippen molar-refractivity contribution in [2.75, 3.05) is 0 Å². The number of hydrogen-bond acceptors (Lipinski definition) is 2. The Hall–Kier alpha value is -1.05. The molecule has 0 atom stereocenters. The first-order valence-corrected chi connectivity index (χ1v) is 3.17. The topological polar surface area (TPSA) is 26.3 Å². The molecule has 0 saturated carbocycles. The van der Waals surface area contributed by atoms with E-state index in [9.17, 15) is 4.79 Å². The standard InChI is InChI=1S/C8H12O2/c1-4-6-10-8(9)7(3)5-2/h4-6H,1-3H3. The van der Waals surface area contributed by atoms with Gasteiger partial charge in [-0.2, -0.15) is 0 Å². The summed E-state index contributed by atoms with van der Waals surface area (Å²) in [5.41, 5.74) is 0.623. The first kappa shape index (κ1) is 8.95. The zero-order valence-electron chi connectivity index (χ0n) is 6.55. The van der Waals surface area contributed by atoms with Gasteiger partial charge in [0.2, 0.25) is 0 Å². The third-order valence-corrected chi connectivity index (χ3v) is 1.07. The third-order valence-electron chi connectivity index (χ3n) is 1.07. The van der Waals surface area contributed by atoms with Crippen LogP contribution in [0.25, 0.3) is 0 Å². The first-order chi connectivity index (χ1) is 4.72. The highest BCUT2D eigenvalue weighted by Gasteiger charge is 1.99. The summed E-state index contributed by atoms with van der Waals surface area (Å²) in [7, 11) is 0. The van der Waals surface area contributed by atoms with Gasteiger partial charge in [-0.3, -0.25) is 0 Å². The molecule has 0 unspecified atom stereocenters. The second-order valence-corrected chi connectivity index (χ2v) is 1.85. The van der Waals surface area contributed by atoms with E-state index in [0.717, 1.165) is 0 Å². The number of ether oxygens (including phenoxy) is 1. The van der Waals surface area contributed by atoms with Gasteiger partial charge in [0.05, 0.1) is 6.26 Å². The molecular weight excluding hydrogens is 128 g/mol. The van der Waals surface area contributed by atoms with Crippen molar-refractivity contribution in [2.45, 2.75) is 20.8 Å². The van der Waals surface area contributed by atoms with Crippen LogP contribution in [0.3, 0.4) is 0 Å². The molecule has 0 bridgehead atoms. The SMILES string of the molecule is CC=COC(=O)C(C)=CC. The number of rotatable bonds is 2. The average molecular weight is 140 g/mol. The maximum absolute atomic E-state index is 10.8. The van der Waals surface area contributed by atoms with E-state index in [0.29, 0.717) is 5.57 Å². The molecule has 0 radical (unpaired) electrons. The van der Waals surface area contributed by atoms with Crippen LogP contribution in [0.1, 0.15) is 20.8 Å². The van der Waals surface area contributed by atoms with Crippen LogP contribution in [0.2, 0.25) is 0 Å². The number of carbonyl (C=O) groups excluding carboxylic acids is 1. The lowest BCUT2D eigenvalue weighted by molar-refractivity contribution is -0.133. The van der Waals surface area contributed by atoms with E-state index in [1.54, 1.807) is 32.9 Å². The fraction of sp³-hybridized carbons (Fsp3) is 0.375. The van der Waals surface area contributed by atoms with Crippen molar-refractivity contribution >= 4 is 5.97 Å². The van der Waals surface area contributed by atoms with E-state index in [-0.39, 0.29) is 5.97 Å². The Morgan fingerprint density at radius 1 is 1.40 bits per heavy atom. The molecule has 0 amide bonds. The summed E-state index contributed by atoms with van der Waals surface area (Å²) in [6, 6.07) is 0. The predicted molar refractivity (Wildman–Crippen MR) is 40.3 cm³/mol. The van der Waals surface area contributed by atoms with Crippen molar-refractivity contribution in [3.63, 3.8) is 0 Å². The fourth-order valence-electron chi connectivity index (χ4n) is 0.341. The van der Waals surface area contributed by atoms with Crippen LogP contribution in [0, 0.1) is 0 Å². The van der Waals surface area contributed by atoms with Crippen LogP contribution in [0.4, 0.5) is 0 Å². The molecule has 0 aliphatic carbocycles.